The van der Waals surface area contributed by atoms with E-state index in [-0.39, 0.29) is 5.91 Å². The summed E-state index contributed by atoms with van der Waals surface area (Å²) in [5, 5.41) is 12.1. The molecule has 130 valence electrons. The fourth-order valence-corrected chi connectivity index (χ4v) is 3.32. The Morgan fingerprint density at radius 3 is 2.73 bits per heavy atom. The van der Waals surface area contributed by atoms with Gasteiger partial charge < -0.3 is 0 Å². The zero-order chi connectivity index (χ0) is 18.1. The van der Waals surface area contributed by atoms with Crippen LogP contribution >= 0.6 is 11.6 Å². The van der Waals surface area contributed by atoms with Gasteiger partial charge in [0.25, 0.3) is 5.91 Å². The number of hydrazone groups is 1. The second kappa shape index (κ2) is 6.77. The highest BCUT2D eigenvalue weighted by molar-refractivity contribution is 6.30. The van der Waals surface area contributed by atoms with Crippen LogP contribution < -0.4 is 5.43 Å². The summed E-state index contributed by atoms with van der Waals surface area (Å²) < 4.78 is 0. The number of carbonyl (C=O) groups is 1. The number of halogens is 1. The number of hydrogen-bond donors (Lipinski definition) is 2. The standard InChI is InChI=1S/C20H17ClN4O/c1-12(13-6-9-15(21)10-7-13)22-25-20(26)19-17-11-8-14-4-2-3-5-16(14)18(17)23-24-19/h2-7,9-10H,8,11H2,1H3,(H,23,24)(H,25,26)/b22-12+. The Hall–Kier alpha value is -2.92. The molecular weight excluding hydrogens is 348 g/mol. The Morgan fingerprint density at radius 1 is 1.15 bits per heavy atom. The molecule has 1 aromatic heterocycles. The van der Waals surface area contributed by atoms with Gasteiger partial charge in [-0.15, -0.1) is 0 Å². The molecule has 2 N–H and O–H groups in total. The molecule has 0 atom stereocenters. The van der Waals surface area contributed by atoms with Gasteiger partial charge >= 0.3 is 0 Å². The van der Waals surface area contributed by atoms with Crippen molar-refractivity contribution < 1.29 is 4.79 Å². The molecule has 0 radical (unpaired) electrons. The van der Waals surface area contributed by atoms with Crippen LogP contribution in [0.15, 0.2) is 53.6 Å². The number of nitrogens with one attached hydrogen (secondary N) is 2. The SMILES string of the molecule is C/C(=N\NC(=O)c1[nH]nc2c1CCc1ccccc1-2)c1ccc(Cl)cc1. The van der Waals surface area contributed by atoms with Crippen molar-refractivity contribution in [3.05, 3.63) is 75.9 Å². The van der Waals surface area contributed by atoms with Crippen LogP contribution in [0.4, 0.5) is 0 Å². The number of hydrogen-bond acceptors (Lipinski definition) is 3. The first kappa shape index (κ1) is 16.5. The van der Waals surface area contributed by atoms with Crippen molar-refractivity contribution in [3.63, 3.8) is 0 Å². The number of carbonyl (C=O) groups excluding carboxylic acids is 1. The van der Waals surface area contributed by atoms with Gasteiger partial charge in [0, 0.05) is 16.1 Å². The molecule has 26 heavy (non-hydrogen) atoms. The first-order chi connectivity index (χ1) is 12.6. The van der Waals surface area contributed by atoms with Crippen molar-refractivity contribution in [1.29, 1.82) is 0 Å². The topological polar surface area (TPSA) is 70.1 Å². The normalized spacial score (nSPS) is 13.1. The summed E-state index contributed by atoms with van der Waals surface area (Å²) in [4.78, 5) is 12.6. The minimum atomic E-state index is -0.286. The highest BCUT2D eigenvalue weighted by atomic mass is 35.5. The number of benzene rings is 2. The Kier molecular flexibility index (Phi) is 4.31. The molecular formula is C20H17ClN4O. The van der Waals surface area contributed by atoms with E-state index in [1.54, 1.807) is 12.1 Å². The average molecular weight is 365 g/mol. The summed E-state index contributed by atoms with van der Waals surface area (Å²) in [5.41, 5.74) is 8.84. The van der Waals surface area contributed by atoms with Gasteiger partial charge in [0.15, 0.2) is 0 Å². The van der Waals surface area contributed by atoms with Crippen molar-refractivity contribution in [2.45, 2.75) is 19.8 Å². The molecule has 3 aromatic rings. The summed E-state index contributed by atoms with van der Waals surface area (Å²) in [7, 11) is 0. The van der Waals surface area contributed by atoms with Gasteiger partial charge in [-0.1, -0.05) is 48.0 Å². The number of fused-ring (bicyclic) bond motifs is 3. The zero-order valence-corrected chi connectivity index (χ0v) is 15.0. The van der Waals surface area contributed by atoms with Crippen molar-refractivity contribution >= 4 is 23.2 Å². The van der Waals surface area contributed by atoms with Gasteiger partial charge in [-0.3, -0.25) is 9.89 Å². The summed E-state index contributed by atoms with van der Waals surface area (Å²) in [6, 6.07) is 15.5. The third-order valence-electron chi connectivity index (χ3n) is 4.60. The quantitative estimate of drug-likeness (QED) is 0.545. The number of rotatable bonds is 3. The van der Waals surface area contributed by atoms with Crippen LogP contribution in [0.25, 0.3) is 11.3 Å². The van der Waals surface area contributed by atoms with Gasteiger partial charge in [0.05, 0.1) is 11.4 Å². The molecule has 6 heteroatoms. The number of aryl methyl sites for hydroxylation is 1. The van der Waals surface area contributed by atoms with Gasteiger partial charge in [-0.05, 0) is 43.0 Å². The summed E-state index contributed by atoms with van der Waals surface area (Å²) in [5.74, 6) is -0.286. The fraction of sp³-hybridized carbons (Fsp3) is 0.150. The molecule has 0 saturated heterocycles. The van der Waals surface area contributed by atoms with Crippen LogP contribution in [0, 0.1) is 0 Å². The first-order valence-electron chi connectivity index (χ1n) is 8.39. The van der Waals surface area contributed by atoms with Gasteiger partial charge in [0.2, 0.25) is 0 Å². The van der Waals surface area contributed by atoms with E-state index in [0.29, 0.717) is 16.4 Å². The molecule has 1 amide bonds. The average Bonchev–Trinajstić information content (AvgIpc) is 3.11. The highest BCUT2D eigenvalue weighted by Crippen LogP contribution is 2.33. The van der Waals surface area contributed by atoms with Gasteiger partial charge in [-0.2, -0.15) is 10.2 Å². The molecule has 0 spiro atoms. The van der Waals surface area contributed by atoms with Gasteiger partial charge in [-0.25, -0.2) is 5.43 Å². The van der Waals surface area contributed by atoms with E-state index in [1.807, 2.05) is 37.3 Å². The minimum absolute atomic E-state index is 0.286. The molecule has 0 bridgehead atoms. The number of aromatic nitrogens is 2. The second-order valence-corrected chi connectivity index (χ2v) is 6.66. The van der Waals surface area contributed by atoms with E-state index in [2.05, 4.69) is 26.8 Å². The molecule has 0 fully saturated rings. The molecule has 2 aromatic carbocycles. The summed E-state index contributed by atoms with van der Waals surface area (Å²) in [6.45, 7) is 1.84. The van der Waals surface area contributed by atoms with Gasteiger partial charge in [0.1, 0.15) is 5.69 Å². The smallest absolute Gasteiger partial charge is 0.272 e. The van der Waals surface area contributed by atoms with E-state index in [4.69, 9.17) is 11.6 Å². The lowest BCUT2D eigenvalue weighted by atomic mass is 9.89. The van der Waals surface area contributed by atoms with E-state index in [1.165, 1.54) is 5.56 Å². The third kappa shape index (κ3) is 3.02. The lowest BCUT2D eigenvalue weighted by Crippen LogP contribution is -2.21. The molecule has 4 rings (SSSR count). The Morgan fingerprint density at radius 2 is 1.92 bits per heavy atom. The van der Waals surface area contributed by atoms with Crippen molar-refractivity contribution in [2.75, 3.05) is 0 Å². The van der Waals surface area contributed by atoms with E-state index >= 15 is 0 Å². The maximum atomic E-state index is 12.6. The zero-order valence-electron chi connectivity index (χ0n) is 14.2. The lowest BCUT2D eigenvalue weighted by Gasteiger charge is -2.15. The fourth-order valence-electron chi connectivity index (χ4n) is 3.19. The maximum absolute atomic E-state index is 12.6. The molecule has 0 aliphatic heterocycles. The number of nitrogens with zero attached hydrogens (tertiary/aromatic N) is 2. The minimum Gasteiger partial charge on any atom is -0.272 e. The van der Waals surface area contributed by atoms with Crippen molar-refractivity contribution in [2.24, 2.45) is 5.10 Å². The van der Waals surface area contributed by atoms with Crippen LogP contribution in [-0.2, 0) is 12.8 Å². The predicted octanol–water partition coefficient (Wildman–Crippen LogP) is 3.98. The van der Waals surface area contributed by atoms with Crippen LogP contribution in [0.5, 0.6) is 0 Å². The summed E-state index contributed by atoms with van der Waals surface area (Å²) in [6.07, 6.45) is 1.68. The second-order valence-electron chi connectivity index (χ2n) is 6.23. The Balaban J connectivity index is 1.56. The Labute approximate surface area is 156 Å². The predicted molar refractivity (Wildman–Crippen MR) is 103 cm³/mol. The number of aromatic amines is 1. The molecule has 0 unspecified atom stereocenters. The molecule has 1 aliphatic carbocycles. The number of H-pyrrole nitrogens is 1. The van der Waals surface area contributed by atoms with E-state index in [0.717, 1.165) is 35.2 Å². The monoisotopic (exact) mass is 364 g/mol. The maximum Gasteiger partial charge on any atom is 0.289 e. The van der Waals surface area contributed by atoms with Crippen molar-refractivity contribution in [1.82, 2.24) is 15.6 Å². The number of amides is 1. The molecule has 1 aliphatic rings. The van der Waals surface area contributed by atoms with Crippen LogP contribution in [0.1, 0.15) is 34.1 Å². The first-order valence-corrected chi connectivity index (χ1v) is 8.77. The van der Waals surface area contributed by atoms with E-state index < -0.39 is 0 Å². The van der Waals surface area contributed by atoms with E-state index in [9.17, 15) is 4.79 Å². The lowest BCUT2D eigenvalue weighted by molar-refractivity contribution is 0.0949. The molecule has 1 heterocycles. The Bertz CT molecular complexity index is 1000. The van der Waals surface area contributed by atoms with Crippen molar-refractivity contribution in [3.8, 4) is 11.3 Å². The molecule has 0 saturated carbocycles. The van der Waals surface area contributed by atoms with Crippen LogP contribution in [0.3, 0.4) is 0 Å². The third-order valence-corrected chi connectivity index (χ3v) is 4.85. The molecule has 5 nitrogen and oxygen atoms in total. The largest absolute Gasteiger partial charge is 0.289 e. The highest BCUT2D eigenvalue weighted by Gasteiger charge is 2.24. The summed E-state index contributed by atoms with van der Waals surface area (Å²) >= 11 is 5.89. The van der Waals surface area contributed by atoms with Crippen LogP contribution in [0.2, 0.25) is 5.02 Å². The van der Waals surface area contributed by atoms with Crippen LogP contribution in [-0.4, -0.2) is 21.8 Å².